The van der Waals surface area contributed by atoms with Crippen LogP contribution in [0.4, 0.5) is 0 Å². The average Bonchev–Trinajstić information content (AvgIpc) is 3.02. The monoisotopic (exact) mass is 291 g/mol. The summed E-state index contributed by atoms with van der Waals surface area (Å²) in [7, 11) is 0. The predicted molar refractivity (Wildman–Crippen MR) is 84.3 cm³/mol. The minimum absolute atomic E-state index is 0.0379. The van der Waals surface area contributed by atoms with Crippen LogP contribution < -0.4 is 5.32 Å². The second-order valence-corrected chi connectivity index (χ2v) is 7.69. The van der Waals surface area contributed by atoms with Crippen LogP contribution in [0.3, 0.4) is 0 Å². The Kier molecular flexibility index (Phi) is 4.10. The summed E-state index contributed by atoms with van der Waals surface area (Å²) in [4.78, 5) is 7.04. The first-order chi connectivity index (χ1) is 9.95. The van der Waals surface area contributed by atoms with Gasteiger partial charge < -0.3 is 9.73 Å². The molecule has 118 valence electrons. The van der Waals surface area contributed by atoms with E-state index in [-0.39, 0.29) is 5.41 Å². The van der Waals surface area contributed by atoms with E-state index < -0.39 is 0 Å². The molecule has 21 heavy (non-hydrogen) atoms. The molecule has 0 aromatic carbocycles. The van der Waals surface area contributed by atoms with Crippen LogP contribution in [0.1, 0.15) is 65.0 Å². The van der Waals surface area contributed by atoms with Gasteiger partial charge in [0.15, 0.2) is 0 Å². The smallest absolute Gasteiger partial charge is 0.208 e. The molecule has 2 saturated heterocycles. The number of oxazole rings is 1. The molecular formula is C17H29N3O. The van der Waals surface area contributed by atoms with E-state index in [1.54, 1.807) is 0 Å². The maximum absolute atomic E-state index is 5.97. The third kappa shape index (κ3) is 3.32. The fraction of sp³-hybridized carbons (Fsp3) is 0.824. The Morgan fingerprint density at radius 3 is 2.48 bits per heavy atom. The number of rotatable bonds is 4. The SMILES string of the molecule is CCN(Cc1ncc(C(C)(C)C)o1)C1CC2CCC(C1)N2. The number of aromatic nitrogens is 1. The maximum Gasteiger partial charge on any atom is 0.208 e. The van der Waals surface area contributed by atoms with Gasteiger partial charge in [0.2, 0.25) is 5.89 Å². The third-order valence-electron chi connectivity index (χ3n) is 5.00. The summed E-state index contributed by atoms with van der Waals surface area (Å²) in [5.41, 5.74) is 0.0379. The molecule has 4 nitrogen and oxygen atoms in total. The number of hydrogen-bond acceptors (Lipinski definition) is 4. The Balaban J connectivity index is 1.66. The Labute approximate surface area is 128 Å². The van der Waals surface area contributed by atoms with E-state index in [4.69, 9.17) is 4.42 Å². The van der Waals surface area contributed by atoms with Gasteiger partial charge in [-0.15, -0.1) is 0 Å². The summed E-state index contributed by atoms with van der Waals surface area (Å²) < 4.78 is 5.97. The van der Waals surface area contributed by atoms with Gasteiger partial charge in [-0.05, 0) is 32.2 Å². The highest BCUT2D eigenvalue weighted by Crippen LogP contribution is 2.30. The predicted octanol–water partition coefficient (Wildman–Crippen LogP) is 3.08. The van der Waals surface area contributed by atoms with E-state index in [2.05, 4.69) is 42.9 Å². The van der Waals surface area contributed by atoms with E-state index in [0.717, 1.165) is 36.8 Å². The molecule has 3 heterocycles. The van der Waals surface area contributed by atoms with Gasteiger partial charge in [-0.1, -0.05) is 27.7 Å². The van der Waals surface area contributed by atoms with Crippen LogP contribution in [0.2, 0.25) is 0 Å². The molecule has 2 aliphatic rings. The Morgan fingerprint density at radius 2 is 1.95 bits per heavy atom. The average molecular weight is 291 g/mol. The number of nitrogens with zero attached hydrogens (tertiary/aromatic N) is 2. The second-order valence-electron chi connectivity index (χ2n) is 7.69. The van der Waals surface area contributed by atoms with Gasteiger partial charge in [0, 0.05) is 23.5 Å². The van der Waals surface area contributed by atoms with Crippen molar-refractivity contribution in [3.63, 3.8) is 0 Å². The molecule has 0 amide bonds. The zero-order valence-electron chi connectivity index (χ0n) is 13.9. The minimum Gasteiger partial charge on any atom is -0.444 e. The summed E-state index contributed by atoms with van der Waals surface area (Å²) in [6.45, 7) is 10.7. The highest BCUT2D eigenvalue weighted by Gasteiger charge is 2.36. The molecule has 1 aromatic heterocycles. The van der Waals surface area contributed by atoms with E-state index >= 15 is 0 Å². The normalized spacial score (nSPS) is 29.3. The van der Waals surface area contributed by atoms with Crippen LogP contribution in [0.15, 0.2) is 10.6 Å². The molecule has 0 aliphatic carbocycles. The van der Waals surface area contributed by atoms with Crippen molar-refractivity contribution >= 4 is 0 Å². The zero-order valence-corrected chi connectivity index (χ0v) is 13.9. The molecule has 0 saturated carbocycles. The van der Waals surface area contributed by atoms with Gasteiger partial charge in [-0.2, -0.15) is 0 Å². The van der Waals surface area contributed by atoms with Gasteiger partial charge in [-0.3, -0.25) is 4.90 Å². The molecule has 4 heteroatoms. The number of fused-ring (bicyclic) bond motifs is 2. The van der Waals surface area contributed by atoms with Gasteiger partial charge in [-0.25, -0.2) is 4.98 Å². The third-order valence-corrected chi connectivity index (χ3v) is 5.00. The van der Waals surface area contributed by atoms with Gasteiger partial charge in [0.05, 0.1) is 12.7 Å². The molecule has 3 rings (SSSR count). The van der Waals surface area contributed by atoms with E-state index in [1.165, 1.54) is 25.7 Å². The number of nitrogens with one attached hydrogen (secondary N) is 1. The quantitative estimate of drug-likeness (QED) is 0.925. The standard InChI is InChI=1S/C17H29N3O/c1-5-20(14-8-12-6-7-13(9-14)19-12)11-16-18-10-15(21-16)17(2,3)4/h10,12-14,19H,5-9,11H2,1-4H3. The van der Waals surface area contributed by atoms with Crippen LogP contribution in [0.25, 0.3) is 0 Å². The van der Waals surface area contributed by atoms with Crippen molar-refractivity contribution in [3.05, 3.63) is 17.8 Å². The first kappa shape index (κ1) is 15.0. The second kappa shape index (κ2) is 5.73. The summed E-state index contributed by atoms with van der Waals surface area (Å²) in [5, 5.41) is 3.72. The molecule has 2 unspecified atom stereocenters. The van der Waals surface area contributed by atoms with Crippen LogP contribution in [-0.2, 0) is 12.0 Å². The van der Waals surface area contributed by atoms with Crippen LogP contribution in [-0.4, -0.2) is 34.6 Å². The van der Waals surface area contributed by atoms with E-state index in [0.29, 0.717) is 6.04 Å². The van der Waals surface area contributed by atoms with Crippen molar-refractivity contribution in [2.75, 3.05) is 6.54 Å². The fourth-order valence-electron chi connectivity index (χ4n) is 3.73. The molecule has 2 fully saturated rings. The topological polar surface area (TPSA) is 41.3 Å². The molecule has 2 aliphatic heterocycles. The summed E-state index contributed by atoms with van der Waals surface area (Å²) in [6.07, 6.45) is 7.15. The number of hydrogen-bond donors (Lipinski definition) is 1. The lowest BCUT2D eigenvalue weighted by Crippen LogP contribution is -2.47. The summed E-state index contributed by atoms with van der Waals surface area (Å²) in [6, 6.07) is 2.15. The van der Waals surface area contributed by atoms with E-state index in [9.17, 15) is 0 Å². The first-order valence-electron chi connectivity index (χ1n) is 8.41. The van der Waals surface area contributed by atoms with Crippen molar-refractivity contribution in [1.29, 1.82) is 0 Å². The van der Waals surface area contributed by atoms with E-state index in [1.807, 2.05) is 6.20 Å². The highest BCUT2D eigenvalue weighted by atomic mass is 16.4. The van der Waals surface area contributed by atoms with Crippen molar-refractivity contribution in [1.82, 2.24) is 15.2 Å². The maximum atomic E-state index is 5.97. The first-order valence-corrected chi connectivity index (χ1v) is 8.41. The Bertz CT molecular complexity index is 465. The van der Waals surface area contributed by atoms with Gasteiger partial charge in [0.1, 0.15) is 5.76 Å². The fourth-order valence-corrected chi connectivity index (χ4v) is 3.73. The molecule has 0 radical (unpaired) electrons. The molecule has 2 bridgehead atoms. The lowest BCUT2D eigenvalue weighted by atomic mass is 9.94. The molecule has 1 N–H and O–H groups in total. The summed E-state index contributed by atoms with van der Waals surface area (Å²) in [5.74, 6) is 1.85. The van der Waals surface area contributed by atoms with Crippen LogP contribution in [0.5, 0.6) is 0 Å². The van der Waals surface area contributed by atoms with Crippen molar-refractivity contribution in [2.24, 2.45) is 0 Å². The lowest BCUT2D eigenvalue weighted by molar-refractivity contribution is 0.128. The Hall–Kier alpha value is -0.870. The zero-order chi connectivity index (χ0) is 15.0. The van der Waals surface area contributed by atoms with Crippen molar-refractivity contribution < 1.29 is 4.42 Å². The molecule has 1 aromatic rings. The van der Waals surface area contributed by atoms with Crippen LogP contribution >= 0.6 is 0 Å². The molecular weight excluding hydrogens is 262 g/mol. The van der Waals surface area contributed by atoms with Gasteiger partial charge in [0.25, 0.3) is 0 Å². The van der Waals surface area contributed by atoms with Crippen molar-refractivity contribution in [3.8, 4) is 0 Å². The number of piperidine rings is 1. The van der Waals surface area contributed by atoms with Gasteiger partial charge >= 0.3 is 0 Å². The van der Waals surface area contributed by atoms with Crippen molar-refractivity contribution in [2.45, 2.75) is 83.5 Å². The largest absolute Gasteiger partial charge is 0.444 e. The summed E-state index contributed by atoms with van der Waals surface area (Å²) >= 11 is 0. The van der Waals surface area contributed by atoms with Crippen LogP contribution in [0, 0.1) is 0 Å². The highest BCUT2D eigenvalue weighted by molar-refractivity contribution is 5.06. The molecule has 2 atom stereocenters. The Morgan fingerprint density at radius 1 is 1.29 bits per heavy atom. The lowest BCUT2D eigenvalue weighted by Gasteiger charge is -2.36. The minimum atomic E-state index is 0.0379. The molecule has 0 spiro atoms.